The van der Waals surface area contributed by atoms with Crippen LogP contribution in [0.1, 0.15) is 21.5 Å². The van der Waals surface area contributed by atoms with E-state index in [9.17, 15) is 31.5 Å². The fourth-order valence-electron chi connectivity index (χ4n) is 3.52. The molecule has 5 nitrogen and oxygen atoms in total. The molecule has 1 N–H and O–H groups in total. The molecule has 11 heteroatoms. The lowest BCUT2D eigenvalue weighted by Crippen LogP contribution is -2.26. The number of hydrogen-bond acceptors (Lipinski definition) is 3. The molecule has 1 heterocycles. The van der Waals surface area contributed by atoms with Gasteiger partial charge in [-0.1, -0.05) is 12.1 Å². The molecule has 0 aliphatic carbocycles. The van der Waals surface area contributed by atoms with Crippen LogP contribution in [0, 0.1) is 11.6 Å². The quantitative estimate of drug-likeness (QED) is 0.253. The number of rotatable bonds is 6. The molecule has 4 rings (SSSR count). The van der Waals surface area contributed by atoms with E-state index < -0.39 is 34.8 Å². The minimum Gasteiger partial charge on any atom is -0.322 e. The third-order valence-electron chi connectivity index (χ3n) is 5.31. The van der Waals surface area contributed by atoms with E-state index in [1.165, 1.54) is 34.8 Å². The normalized spacial score (nSPS) is 11.5. The average Bonchev–Trinajstić information content (AvgIpc) is 3.15. The van der Waals surface area contributed by atoms with Gasteiger partial charge in [0.15, 0.2) is 5.82 Å². The Morgan fingerprint density at radius 1 is 0.972 bits per heavy atom. The summed E-state index contributed by atoms with van der Waals surface area (Å²) in [6.07, 6.45) is -1.46. The Morgan fingerprint density at radius 3 is 2.22 bits per heavy atom. The first-order valence-corrected chi connectivity index (χ1v) is 11.7. The Kier molecular flexibility index (Phi) is 7.02. The summed E-state index contributed by atoms with van der Waals surface area (Å²) in [5, 5.41) is 2.60. The molecule has 36 heavy (non-hydrogen) atoms. The van der Waals surface area contributed by atoms with Gasteiger partial charge in [0, 0.05) is 22.8 Å². The molecule has 0 radical (unpaired) electrons. The Hall–Kier alpha value is -3.86. The molecule has 0 atom stereocenters. The molecule has 0 aliphatic heterocycles. The van der Waals surface area contributed by atoms with E-state index in [4.69, 9.17) is 0 Å². The molecule has 1 amide bonds. The highest BCUT2D eigenvalue weighted by Crippen LogP contribution is 2.29. The van der Waals surface area contributed by atoms with Crippen LogP contribution < -0.4 is 10.9 Å². The number of halogens is 5. The van der Waals surface area contributed by atoms with Gasteiger partial charge in [0.1, 0.15) is 17.1 Å². The first-order valence-electron chi connectivity index (χ1n) is 10.5. The van der Waals surface area contributed by atoms with Gasteiger partial charge in [-0.3, -0.25) is 14.3 Å². The minimum atomic E-state index is -4.52. The summed E-state index contributed by atoms with van der Waals surface area (Å²) in [7, 11) is 0. The van der Waals surface area contributed by atoms with Crippen molar-refractivity contribution < 1.29 is 26.7 Å². The number of carbonyl (C=O) groups excluding carboxylic acids is 1. The van der Waals surface area contributed by atoms with Gasteiger partial charge in [0.05, 0.1) is 12.1 Å². The third kappa shape index (κ3) is 5.35. The number of anilines is 1. The Balaban J connectivity index is 1.74. The number of nitrogens with one attached hydrogen (secondary N) is 1. The van der Waals surface area contributed by atoms with Crippen molar-refractivity contribution in [3.05, 3.63) is 112 Å². The van der Waals surface area contributed by atoms with E-state index in [0.29, 0.717) is 17.3 Å². The van der Waals surface area contributed by atoms with Crippen LogP contribution in [0.15, 0.2) is 82.6 Å². The van der Waals surface area contributed by atoms with Crippen LogP contribution in [0.2, 0.25) is 0 Å². The van der Waals surface area contributed by atoms with E-state index in [1.807, 2.05) is 6.26 Å². The molecule has 1 aromatic heterocycles. The van der Waals surface area contributed by atoms with Gasteiger partial charge in [0.2, 0.25) is 0 Å². The highest BCUT2D eigenvalue weighted by atomic mass is 32.2. The van der Waals surface area contributed by atoms with E-state index in [2.05, 4.69) is 5.32 Å². The molecular weight excluding hydrogens is 501 g/mol. The number of amides is 1. The Bertz CT molecular complexity index is 1460. The monoisotopic (exact) mass is 519 g/mol. The molecular formula is C25H18F5N3O2S. The van der Waals surface area contributed by atoms with Crippen LogP contribution in [0.3, 0.4) is 0 Å². The largest absolute Gasteiger partial charge is 0.416 e. The van der Waals surface area contributed by atoms with Crippen LogP contribution in [0.5, 0.6) is 0 Å². The summed E-state index contributed by atoms with van der Waals surface area (Å²) in [6, 6.07) is 13.6. The van der Waals surface area contributed by atoms with Crippen molar-refractivity contribution in [3.63, 3.8) is 0 Å². The highest BCUT2D eigenvalue weighted by Gasteiger charge is 2.30. The van der Waals surface area contributed by atoms with Crippen LogP contribution in [0.25, 0.3) is 5.69 Å². The maximum atomic E-state index is 14.6. The minimum absolute atomic E-state index is 0.167. The van der Waals surface area contributed by atoms with Gasteiger partial charge < -0.3 is 5.32 Å². The van der Waals surface area contributed by atoms with E-state index in [1.54, 1.807) is 24.3 Å². The van der Waals surface area contributed by atoms with Crippen molar-refractivity contribution in [1.29, 1.82) is 0 Å². The predicted octanol–water partition coefficient (Wildman–Crippen LogP) is 5.96. The zero-order chi connectivity index (χ0) is 26.0. The van der Waals surface area contributed by atoms with Gasteiger partial charge in [-0.15, -0.1) is 11.8 Å². The summed E-state index contributed by atoms with van der Waals surface area (Å²) in [4.78, 5) is 27.1. The van der Waals surface area contributed by atoms with Gasteiger partial charge in [-0.25, -0.2) is 13.5 Å². The van der Waals surface area contributed by atoms with E-state index in [0.717, 1.165) is 33.8 Å². The van der Waals surface area contributed by atoms with E-state index in [-0.39, 0.29) is 17.8 Å². The zero-order valence-corrected chi connectivity index (χ0v) is 19.5. The SMILES string of the molecule is CSc1ccc(NC(=O)c2cn(Cc3ccc(C(F)(F)F)cc3)n(-c3ccc(F)cc3F)c2=O)cc1. The number of benzene rings is 3. The lowest BCUT2D eigenvalue weighted by Gasteiger charge is -2.13. The number of nitrogens with zero attached hydrogens (tertiary/aromatic N) is 2. The molecule has 0 unspecified atom stereocenters. The molecule has 0 aliphatic rings. The summed E-state index contributed by atoms with van der Waals surface area (Å²) in [5.41, 5.74) is -1.61. The number of alkyl halides is 3. The predicted molar refractivity (Wildman–Crippen MR) is 127 cm³/mol. The summed E-state index contributed by atoms with van der Waals surface area (Å²) in [6.45, 7) is -0.167. The maximum Gasteiger partial charge on any atom is 0.416 e. The number of hydrogen-bond donors (Lipinski definition) is 1. The van der Waals surface area contributed by atoms with Gasteiger partial charge in [-0.2, -0.15) is 13.2 Å². The molecule has 0 fully saturated rings. The zero-order valence-electron chi connectivity index (χ0n) is 18.6. The van der Waals surface area contributed by atoms with Crippen molar-refractivity contribution in [2.24, 2.45) is 0 Å². The van der Waals surface area contributed by atoms with Crippen LogP contribution >= 0.6 is 11.8 Å². The molecule has 0 saturated carbocycles. The van der Waals surface area contributed by atoms with E-state index >= 15 is 0 Å². The van der Waals surface area contributed by atoms with Crippen molar-refractivity contribution in [2.75, 3.05) is 11.6 Å². The Labute approximate surface area is 206 Å². The number of aromatic nitrogens is 2. The molecule has 0 spiro atoms. The summed E-state index contributed by atoms with van der Waals surface area (Å²) in [5.74, 6) is -2.68. The molecule has 0 bridgehead atoms. The smallest absolute Gasteiger partial charge is 0.322 e. The van der Waals surface area contributed by atoms with Gasteiger partial charge in [-0.05, 0) is 60.4 Å². The fourth-order valence-corrected chi connectivity index (χ4v) is 3.93. The van der Waals surface area contributed by atoms with Crippen LogP contribution in [-0.4, -0.2) is 21.5 Å². The Morgan fingerprint density at radius 2 is 1.64 bits per heavy atom. The first-order chi connectivity index (χ1) is 17.1. The molecule has 4 aromatic rings. The maximum absolute atomic E-state index is 14.6. The van der Waals surface area contributed by atoms with Crippen molar-refractivity contribution in [2.45, 2.75) is 17.6 Å². The lowest BCUT2D eigenvalue weighted by molar-refractivity contribution is -0.137. The topological polar surface area (TPSA) is 56.0 Å². The van der Waals surface area contributed by atoms with Gasteiger partial charge >= 0.3 is 6.18 Å². The van der Waals surface area contributed by atoms with Gasteiger partial charge in [0.25, 0.3) is 11.5 Å². The van der Waals surface area contributed by atoms with Crippen molar-refractivity contribution >= 4 is 23.4 Å². The van der Waals surface area contributed by atoms with Crippen molar-refractivity contribution in [3.8, 4) is 5.69 Å². The molecule has 186 valence electrons. The lowest BCUT2D eigenvalue weighted by atomic mass is 10.1. The third-order valence-corrected chi connectivity index (χ3v) is 6.06. The number of carbonyl (C=O) groups is 1. The summed E-state index contributed by atoms with van der Waals surface area (Å²) < 4.78 is 68.8. The van der Waals surface area contributed by atoms with Crippen molar-refractivity contribution in [1.82, 2.24) is 9.36 Å². The highest BCUT2D eigenvalue weighted by molar-refractivity contribution is 7.98. The second-order valence-corrected chi connectivity index (χ2v) is 8.61. The van der Waals surface area contributed by atoms with Crippen LogP contribution in [-0.2, 0) is 12.7 Å². The van der Waals surface area contributed by atoms with Crippen LogP contribution in [0.4, 0.5) is 27.6 Å². The molecule has 0 saturated heterocycles. The molecule has 3 aromatic carbocycles. The number of thioether (sulfide) groups is 1. The first kappa shape index (κ1) is 25.2. The standard InChI is InChI=1S/C25H18F5N3O2S/c1-36-19-9-7-18(8-10-19)31-23(34)20-14-32(13-15-2-4-16(5-3-15)25(28,29)30)33(24(20)35)22-11-6-17(26)12-21(22)27/h2-12,14H,13H2,1H3,(H,31,34). The average molecular weight is 519 g/mol. The second kappa shape index (κ2) is 10.0. The summed E-state index contributed by atoms with van der Waals surface area (Å²) >= 11 is 1.51. The second-order valence-electron chi connectivity index (χ2n) is 7.73. The fraction of sp³-hybridized carbons (Fsp3) is 0.120.